The number of aromatic nitrogens is 1. The fourth-order valence-electron chi connectivity index (χ4n) is 2.94. The summed E-state index contributed by atoms with van der Waals surface area (Å²) in [6, 6.07) is 9.09. The van der Waals surface area contributed by atoms with Crippen molar-refractivity contribution in [3.05, 3.63) is 54.2 Å². The van der Waals surface area contributed by atoms with E-state index in [-0.39, 0.29) is 17.7 Å². The topological polar surface area (TPSA) is 75.4 Å². The third-order valence-corrected chi connectivity index (χ3v) is 4.22. The number of rotatable bonds is 5. The van der Waals surface area contributed by atoms with Crippen molar-refractivity contribution < 1.29 is 14.0 Å². The van der Waals surface area contributed by atoms with E-state index in [4.69, 9.17) is 4.42 Å². The van der Waals surface area contributed by atoms with Crippen LogP contribution in [0.15, 0.2) is 47.2 Å². The summed E-state index contributed by atoms with van der Waals surface area (Å²) in [5, 5.41) is 2.95. The highest BCUT2D eigenvalue weighted by Gasteiger charge is 2.29. The molecule has 1 saturated heterocycles. The molecule has 0 bridgehead atoms. The summed E-state index contributed by atoms with van der Waals surface area (Å²) in [6.07, 6.45) is 5.56. The first kappa shape index (κ1) is 16.2. The van der Waals surface area contributed by atoms with Crippen molar-refractivity contribution >= 4 is 11.8 Å². The molecule has 2 aromatic heterocycles. The Morgan fingerprint density at radius 1 is 1.29 bits per heavy atom. The second-order valence-electron chi connectivity index (χ2n) is 5.93. The Hall–Kier alpha value is -2.63. The van der Waals surface area contributed by atoms with Crippen LogP contribution in [-0.2, 0) is 11.2 Å². The molecule has 1 fully saturated rings. The maximum atomic E-state index is 12.4. The van der Waals surface area contributed by atoms with Gasteiger partial charge < -0.3 is 14.6 Å². The van der Waals surface area contributed by atoms with Gasteiger partial charge in [0.05, 0.1) is 12.2 Å². The van der Waals surface area contributed by atoms with Crippen LogP contribution in [0.3, 0.4) is 0 Å². The zero-order chi connectivity index (χ0) is 16.8. The number of nitrogens with one attached hydrogen (secondary N) is 1. The lowest BCUT2D eigenvalue weighted by Gasteiger charge is -2.31. The van der Waals surface area contributed by atoms with Crippen molar-refractivity contribution in [1.29, 1.82) is 0 Å². The predicted molar refractivity (Wildman–Crippen MR) is 88.3 cm³/mol. The van der Waals surface area contributed by atoms with E-state index in [1.807, 2.05) is 18.2 Å². The van der Waals surface area contributed by atoms with Gasteiger partial charge in [-0.25, -0.2) is 0 Å². The molecule has 0 radical (unpaired) electrons. The number of piperidine rings is 1. The molecular formula is C18H21N3O3. The first-order chi connectivity index (χ1) is 11.7. The highest BCUT2D eigenvalue weighted by Crippen LogP contribution is 2.19. The maximum absolute atomic E-state index is 12.4. The Morgan fingerprint density at radius 3 is 2.96 bits per heavy atom. The quantitative estimate of drug-likeness (QED) is 0.910. The van der Waals surface area contributed by atoms with Gasteiger partial charge in [0.2, 0.25) is 5.91 Å². The molecule has 2 amide bonds. The van der Waals surface area contributed by atoms with E-state index in [0.717, 1.165) is 18.5 Å². The molecule has 6 heteroatoms. The van der Waals surface area contributed by atoms with E-state index in [2.05, 4.69) is 10.3 Å². The van der Waals surface area contributed by atoms with Gasteiger partial charge in [-0.3, -0.25) is 14.6 Å². The van der Waals surface area contributed by atoms with E-state index in [1.54, 1.807) is 23.2 Å². The molecule has 0 aromatic carbocycles. The van der Waals surface area contributed by atoms with Crippen LogP contribution in [0.25, 0.3) is 0 Å². The van der Waals surface area contributed by atoms with Crippen molar-refractivity contribution in [2.45, 2.75) is 19.3 Å². The first-order valence-corrected chi connectivity index (χ1v) is 8.24. The van der Waals surface area contributed by atoms with Crippen LogP contribution in [0.2, 0.25) is 0 Å². The molecule has 126 valence electrons. The normalized spacial score (nSPS) is 17.5. The Labute approximate surface area is 140 Å². The number of hydrogen-bond donors (Lipinski definition) is 1. The fourth-order valence-corrected chi connectivity index (χ4v) is 2.94. The Kier molecular flexibility index (Phi) is 5.25. The monoisotopic (exact) mass is 327 g/mol. The second-order valence-corrected chi connectivity index (χ2v) is 5.93. The molecule has 0 aliphatic carbocycles. The van der Waals surface area contributed by atoms with E-state index >= 15 is 0 Å². The summed E-state index contributed by atoms with van der Waals surface area (Å²) in [7, 11) is 0. The molecule has 1 aliphatic heterocycles. The lowest BCUT2D eigenvalue weighted by atomic mass is 9.97. The van der Waals surface area contributed by atoms with Crippen molar-refractivity contribution in [2.75, 3.05) is 19.6 Å². The molecular weight excluding hydrogens is 306 g/mol. The Morgan fingerprint density at radius 2 is 2.21 bits per heavy atom. The summed E-state index contributed by atoms with van der Waals surface area (Å²) in [6.45, 7) is 1.66. The van der Waals surface area contributed by atoms with Gasteiger partial charge in [-0.05, 0) is 37.1 Å². The summed E-state index contributed by atoms with van der Waals surface area (Å²) in [5.74, 6) is 0.0152. The van der Waals surface area contributed by atoms with E-state index < -0.39 is 0 Å². The van der Waals surface area contributed by atoms with Gasteiger partial charge in [-0.1, -0.05) is 6.07 Å². The molecule has 1 N–H and O–H groups in total. The van der Waals surface area contributed by atoms with Gasteiger partial charge in [0.25, 0.3) is 5.91 Å². The maximum Gasteiger partial charge on any atom is 0.289 e. The average molecular weight is 327 g/mol. The zero-order valence-electron chi connectivity index (χ0n) is 13.5. The van der Waals surface area contributed by atoms with Gasteiger partial charge in [0.15, 0.2) is 5.76 Å². The van der Waals surface area contributed by atoms with E-state index in [1.165, 1.54) is 6.26 Å². The van der Waals surface area contributed by atoms with Gasteiger partial charge in [-0.15, -0.1) is 0 Å². The van der Waals surface area contributed by atoms with Crippen molar-refractivity contribution in [3.63, 3.8) is 0 Å². The lowest BCUT2D eigenvalue weighted by Crippen LogP contribution is -2.45. The number of nitrogens with zero attached hydrogens (tertiary/aromatic N) is 2. The van der Waals surface area contributed by atoms with Crippen LogP contribution in [0, 0.1) is 5.92 Å². The number of carbonyl (C=O) groups is 2. The molecule has 0 saturated carbocycles. The molecule has 1 aliphatic rings. The minimum Gasteiger partial charge on any atom is -0.459 e. The highest BCUT2D eigenvalue weighted by molar-refractivity contribution is 5.92. The van der Waals surface area contributed by atoms with Gasteiger partial charge in [0.1, 0.15) is 0 Å². The van der Waals surface area contributed by atoms with Crippen LogP contribution in [0.4, 0.5) is 0 Å². The molecule has 6 nitrogen and oxygen atoms in total. The van der Waals surface area contributed by atoms with Crippen molar-refractivity contribution in [2.24, 2.45) is 5.92 Å². The van der Waals surface area contributed by atoms with Crippen molar-refractivity contribution in [3.8, 4) is 0 Å². The van der Waals surface area contributed by atoms with Crippen LogP contribution in [0.1, 0.15) is 29.1 Å². The van der Waals surface area contributed by atoms with Crippen molar-refractivity contribution in [1.82, 2.24) is 15.2 Å². The average Bonchev–Trinajstić information content (AvgIpc) is 3.16. The summed E-state index contributed by atoms with van der Waals surface area (Å²) < 4.78 is 5.16. The first-order valence-electron chi connectivity index (χ1n) is 8.24. The largest absolute Gasteiger partial charge is 0.459 e. The number of hydrogen-bond acceptors (Lipinski definition) is 4. The van der Waals surface area contributed by atoms with Gasteiger partial charge in [0, 0.05) is 37.9 Å². The smallest absolute Gasteiger partial charge is 0.289 e. The molecule has 1 atom stereocenters. The number of furan rings is 1. The molecule has 24 heavy (non-hydrogen) atoms. The number of pyridine rings is 1. The number of amides is 2. The lowest BCUT2D eigenvalue weighted by molar-refractivity contribution is -0.126. The standard InChI is InChI=1S/C18H21N3O3/c22-17(20-10-8-15-6-1-2-9-19-15)14-5-3-11-21(13-14)18(23)16-7-4-12-24-16/h1-2,4,6-7,9,12,14H,3,5,8,10-11,13H2,(H,20,22)/t14-/m1/s1. The molecule has 0 unspecified atom stereocenters. The Balaban J connectivity index is 1.49. The summed E-state index contributed by atoms with van der Waals surface area (Å²) >= 11 is 0. The van der Waals surface area contributed by atoms with Gasteiger partial charge in [-0.2, -0.15) is 0 Å². The van der Waals surface area contributed by atoms with E-state index in [0.29, 0.717) is 31.8 Å². The van der Waals surface area contributed by atoms with Crippen LogP contribution < -0.4 is 5.32 Å². The minimum atomic E-state index is -0.165. The molecule has 3 heterocycles. The highest BCUT2D eigenvalue weighted by atomic mass is 16.3. The minimum absolute atomic E-state index is 0.00266. The second kappa shape index (κ2) is 7.77. The van der Waals surface area contributed by atoms with E-state index in [9.17, 15) is 9.59 Å². The zero-order valence-corrected chi connectivity index (χ0v) is 13.5. The Bertz CT molecular complexity index is 670. The molecule has 0 spiro atoms. The predicted octanol–water partition coefficient (Wildman–Crippen LogP) is 1.89. The third-order valence-electron chi connectivity index (χ3n) is 4.22. The third kappa shape index (κ3) is 4.01. The van der Waals surface area contributed by atoms with Crippen LogP contribution >= 0.6 is 0 Å². The fraction of sp³-hybridized carbons (Fsp3) is 0.389. The number of likely N-dealkylation sites (tertiary alicyclic amines) is 1. The SMILES string of the molecule is O=C(NCCc1ccccn1)[C@@H]1CCCN(C(=O)c2ccco2)C1. The number of carbonyl (C=O) groups excluding carboxylic acids is 2. The van der Waals surface area contributed by atoms with Gasteiger partial charge >= 0.3 is 0 Å². The van der Waals surface area contributed by atoms with Crippen LogP contribution in [-0.4, -0.2) is 41.3 Å². The summed E-state index contributed by atoms with van der Waals surface area (Å²) in [4.78, 5) is 30.6. The van der Waals surface area contributed by atoms with Crippen LogP contribution in [0.5, 0.6) is 0 Å². The molecule has 3 rings (SSSR count). The summed E-state index contributed by atoms with van der Waals surface area (Å²) in [5.41, 5.74) is 0.955. The molecule has 2 aromatic rings.